The molecule has 0 saturated carbocycles. The van der Waals surface area contributed by atoms with Crippen molar-refractivity contribution in [1.29, 1.82) is 5.26 Å². The average Bonchev–Trinajstić information content (AvgIpc) is 3.16. The molecule has 0 aliphatic carbocycles. The van der Waals surface area contributed by atoms with Gasteiger partial charge in [-0.25, -0.2) is 0 Å². The Bertz CT molecular complexity index is 1070. The number of methoxy groups -OCH3 is 1. The molecule has 142 valence electrons. The quantitative estimate of drug-likeness (QED) is 0.677. The molecule has 1 aliphatic heterocycles. The SMILES string of the molecule is COc1ccc2[nH]cc(C3CCN(c4cc(C(C)=O)ccc4C#N)CC3)c2c1. The first-order valence-electron chi connectivity index (χ1n) is 9.55. The first-order valence-corrected chi connectivity index (χ1v) is 9.55. The number of nitrogens with one attached hydrogen (secondary N) is 1. The number of ketones is 1. The van der Waals surface area contributed by atoms with E-state index in [0.29, 0.717) is 17.0 Å². The number of ether oxygens (including phenoxy) is 1. The molecule has 1 fully saturated rings. The van der Waals surface area contributed by atoms with Gasteiger partial charge in [0.15, 0.2) is 5.78 Å². The second-order valence-electron chi connectivity index (χ2n) is 7.32. The number of nitriles is 1. The van der Waals surface area contributed by atoms with E-state index in [4.69, 9.17) is 4.74 Å². The summed E-state index contributed by atoms with van der Waals surface area (Å²) in [6.45, 7) is 3.28. The Labute approximate surface area is 164 Å². The second-order valence-corrected chi connectivity index (χ2v) is 7.32. The normalized spacial score (nSPS) is 14.8. The number of piperidine rings is 1. The first kappa shape index (κ1) is 18.1. The third-order valence-corrected chi connectivity index (χ3v) is 5.72. The number of aromatic amines is 1. The van der Waals surface area contributed by atoms with Crippen molar-refractivity contribution in [2.45, 2.75) is 25.7 Å². The van der Waals surface area contributed by atoms with Crippen LogP contribution in [0.25, 0.3) is 10.9 Å². The van der Waals surface area contributed by atoms with Crippen LogP contribution in [0.1, 0.15) is 47.2 Å². The van der Waals surface area contributed by atoms with Crippen molar-refractivity contribution in [3.8, 4) is 11.8 Å². The van der Waals surface area contributed by atoms with Gasteiger partial charge in [-0.1, -0.05) is 0 Å². The number of hydrogen-bond donors (Lipinski definition) is 1. The van der Waals surface area contributed by atoms with Crippen molar-refractivity contribution in [3.63, 3.8) is 0 Å². The number of hydrogen-bond acceptors (Lipinski definition) is 4. The Morgan fingerprint density at radius 1 is 1.21 bits per heavy atom. The molecule has 0 atom stereocenters. The summed E-state index contributed by atoms with van der Waals surface area (Å²) in [7, 11) is 1.69. The van der Waals surface area contributed by atoms with Gasteiger partial charge in [0, 0.05) is 35.8 Å². The fourth-order valence-electron chi connectivity index (χ4n) is 4.12. The van der Waals surface area contributed by atoms with E-state index in [1.807, 2.05) is 12.1 Å². The molecule has 5 heteroatoms. The van der Waals surface area contributed by atoms with Gasteiger partial charge < -0.3 is 14.6 Å². The van der Waals surface area contributed by atoms with Crippen LogP contribution in [-0.2, 0) is 0 Å². The Balaban J connectivity index is 1.57. The van der Waals surface area contributed by atoms with Crippen molar-refractivity contribution in [2.75, 3.05) is 25.1 Å². The summed E-state index contributed by atoms with van der Waals surface area (Å²) in [5.41, 5.74) is 4.60. The van der Waals surface area contributed by atoms with E-state index in [9.17, 15) is 10.1 Å². The Kier molecular flexibility index (Phi) is 4.79. The maximum atomic E-state index is 11.7. The van der Waals surface area contributed by atoms with Gasteiger partial charge in [-0.2, -0.15) is 5.26 Å². The van der Waals surface area contributed by atoms with Gasteiger partial charge in [-0.15, -0.1) is 0 Å². The minimum absolute atomic E-state index is 0.0216. The van der Waals surface area contributed by atoms with Crippen molar-refractivity contribution in [3.05, 3.63) is 59.3 Å². The maximum absolute atomic E-state index is 11.7. The molecule has 2 aromatic carbocycles. The molecule has 1 aromatic heterocycles. The number of rotatable bonds is 4. The molecule has 4 rings (SSSR count). The van der Waals surface area contributed by atoms with Crippen LogP contribution in [0.5, 0.6) is 5.75 Å². The topological polar surface area (TPSA) is 69.1 Å². The van der Waals surface area contributed by atoms with E-state index < -0.39 is 0 Å². The van der Waals surface area contributed by atoms with Gasteiger partial charge in [0.05, 0.1) is 18.4 Å². The molecule has 0 amide bonds. The van der Waals surface area contributed by atoms with E-state index in [1.165, 1.54) is 10.9 Å². The molecular formula is C23H23N3O2. The number of H-pyrrole nitrogens is 1. The van der Waals surface area contributed by atoms with E-state index in [-0.39, 0.29) is 5.78 Å². The van der Waals surface area contributed by atoms with Crippen LogP contribution in [0, 0.1) is 11.3 Å². The lowest BCUT2D eigenvalue weighted by atomic mass is 9.88. The zero-order valence-electron chi connectivity index (χ0n) is 16.2. The summed E-state index contributed by atoms with van der Waals surface area (Å²) < 4.78 is 5.38. The Morgan fingerprint density at radius 3 is 2.68 bits per heavy atom. The van der Waals surface area contributed by atoms with Crippen LogP contribution in [0.15, 0.2) is 42.6 Å². The van der Waals surface area contributed by atoms with Gasteiger partial charge in [-0.3, -0.25) is 4.79 Å². The minimum Gasteiger partial charge on any atom is -0.497 e. The van der Waals surface area contributed by atoms with Crippen molar-refractivity contribution in [2.24, 2.45) is 0 Å². The van der Waals surface area contributed by atoms with E-state index in [1.54, 1.807) is 26.2 Å². The highest BCUT2D eigenvalue weighted by molar-refractivity contribution is 5.95. The molecular weight excluding hydrogens is 350 g/mol. The molecule has 0 spiro atoms. The highest BCUT2D eigenvalue weighted by Gasteiger charge is 2.24. The summed E-state index contributed by atoms with van der Waals surface area (Å²) >= 11 is 0. The van der Waals surface area contributed by atoms with Gasteiger partial charge >= 0.3 is 0 Å². The standard InChI is InChI=1S/C23H23N3O2/c1-15(27)17-3-4-18(13-24)23(11-17)26-9-7-16(8-10-26)21-14-25-22-6-5-19(28-2)12-20(21)22/h3-6,11-12,14,16,25H,7-10H2,1-2H3. The molecule has 5 nitrogen and oxygen atoms in total. The van der Waals surface area contributed by atoms with Crippen molar-refractivity contribution in [1.82, 2.24) is 4.98 Å². The molecule has 1 aliphatic rings. The van der Waals surface area contributed by atoms with Gasteiger partial charge in [0.1, 0.15) is 11.8 Å². The summed E-state index contributed by atoms with van der Waals surface area (Å²) in [5, 5.41) is 10.7. The summed E-state index contributed by atoms with van der Waals surface area (Å²) in [5.74, 6) is 1.34. The third-order valence-electron chi connectivity index (χ3n) is 5.72. The number of carbonyl (C=O) groups is 1. The first-order chi connectivity index (χ1) is 13.6. The highest BCUT2D eigenvalue weighted by atomic mass is 16.5. The summed E-state index contributed by atoms with van der Waals surface area (Å²) in [4.78, 5) is 17.4. The number of carbonyl (C=O) groups excluding carboxylic acids is 1. The molecule has 1 saturated heterocycles. The predicted octanol–water partition coefficient (Wildman–Crippen LogP) is 4.63. The smallest absolute Gasteiger partial charge is 0.159 e. The van der Waals surface area contributed by atoms with Crippen LogP contribution in [0.4, 0.5) is 5.69 Å². The Hall–Kier alpha value is -3.26. The van der Waals surface area contributed by atoms with Crippen molar-refractivity contribution >= 4 is 22.4 Å². The lowest BCUT2D eigenvalue weighted by Crippen LogP contribution is -2.33. The maximum Gasteiger partial charge on any atom is 0.159 e. The average molecular weight is 373 g/mol. The van der Waals surface area contributed by atoms with E-state index in [0.717, 1.165) is 42.9 Å². The van der Waals surface area contributed by atoms with Crippen LogP contribution in [-0.4, -0.2) is 31.0 Å². The largest absolute Gasteiger partial charge is 0.497 e. The van der Waals surface area contributed by atoms with Crippen LogP contribution < -0.4 is 9.64 Å². The summed E-state index contributed by atoms with van der Waals surface area (Å²) in [6, 6.07) is 13.7. The number of Topliss-reactive ketones (excluding diaryl/α,β-unsaturated/α-hetero) is 1. The molecule has 0 radical (unpaired) electrons. The number of benzene rings is 2. The number of fused-ring (bicyclic) bond motifs is 1. The zero-order chi connectivity index (χ0) is 19.7. The van der Waals surface area contributed by atoms with Gasteiger partial charge in [0.2, 0.25) is 0 Å². The molecule has 2 heterocycles. The monoisotopic (exact) mass is 373 g/mol. The molecule has 28 heavy (non-hydrogen) atoms. The fraction of sp³-hybridized carbons (Fsp3) is 0.304. The molecule has 1 N–H and O–H groups in total. The minimum atomic E-state index is 0.0216. The van der Waals surface area contributed by atoms with Gasteiger partial charge in [-0.05, 0) is 67.6 Å². The third kappa shape index (κ3) is 3.22. The number of aromatic nitrogens is 1. The fourth-order valence-corrected chi connectivity index (χ4v) is 4.12. The second kappa shape index (κ2) is 7.40. The van der Waals surface area contributed by atoms with E-state index in [2.05, 4.69) is 34.3 Å². The highest BCUT2D eigenvalue weighted by Crippen LogP contribution is 2.36. The van der Waals surface area contributed by atoms with Crippen LogP contribution in [0.2, 0.25) is 0 Å². The number of anilines is 1. The molecule has 3 aromatic rings. The van der Waals surface area contributed by atoms with E-state index >= 15 is 0 Å². The van der Waals surface area contributed by atoms with Crippen molar-refractivity contribution < 1.29 is 9.53 Å². The van der Waals surface area contributed by atoms with Crippen LogP contribution in [0.3, 0.4) is 0 Å². The van der Waals surface area contributed by atoms with Crippen LogP contribution >= 0.6 is 0 Å². The Morgan fingerprint density at radius 2 is 2.00 bits per heavy atom. The number of nitrogens with zero attached hydrogens (tertiary/aromatic N) is 2. The summed E-state index contributed by atoms with van der Waals surface area (Å²) in [6.07, 6.45) is 4.11. The lowest BCUT2D eigenvalue weighted by Gasteiger charge is -2.34. The zero-order valence-corrected chi connectivity index (χ0v) is 16.2. The predicted molar refractivity (Wildman–Crippen MR) is 110 cm³/mol. The molecule has 0 bridgehead atoms. The van der Waals surface area contributed by atoms with Gasteiger partial charge in [0.25, 0.3) is 0 Å². The molecule has 0 unspecified atom stereocenters. The lowest BCUT2D eigenvalue weighted by molar-refractivity contribution is 0.101.